The van der Waals surface area contributed by atoms with Crippen molar-refractivity contribution >= 4 is 5.91 Å². The highest BCUT2D eigenvalue weighted by molar-refractivity contribution is 5.93. The molecule has 1 heterocycles. The van der Waals surface area contributed by atoms with Crippen LogP contribution in [0.5, 0.6) is 0 Å². The standard InChI is InChI=1S/C22H25N3O2/c1-3-25(4-2)20(17-11-7-5-8-12-17)16-23-22(26)19-15-21(27-24-19)18-13-9-6-10-14-18/h5-15,20H,3-4,16H2,1-2H3,(H,23,26)/t20-/m0/s1. The van der Waals surface area contributed by atoms with E-state index in [0.717, 1.165) is 18.7 Å². The van der Waals surface area contributed by atoms with E-state index >= 15 is 0 Å². The van der Waals surface area contributed by atoms with E-state index in [-0.39, 0.29) is 11.9 Å². The Balaban J connectivity index is 1.70. The third kappa shape index (κ3) is 4.63. The van der Waals surface area contributed by atoms with Crippen molar-refractivity contribution in [2.45, 2.75) is 19.9 Å². The monoisotopic (exact) mass is 363 g/mol. The number of likely N-dealkylation sites (N-methyl/N-ethyl adjacent to an activating group) is 1. The van der Waals surface area contributed by atoms with Gasteiger partial charge in [-0.05, 0) is 18.7 Å². The molecule has 5 nitrogen and oxygen atoms in total. The van der Waals surface area contributed by atoms with Crippen LogP contribution in [0.15, 0.2) is 71.3 Å². The minimum atomic E-state index is -0.228. The van der Waals surface area contributed by atoms with Crippen LogP contribution in [0.25, 0.3) is 11.3 Å². The van der Waals surface area contributed by atoms with E-state index in [0.29, 0.717) is 18.0 Å². The van der Waals surface area contributed by atoms with Crippen molar-refractivity contribution < 1.29 is 9.32 Å². The summed E-state index contributed by atoms with van der Waals surface area (Å²) in [4.78, 5) is 14.9. The van der Waals surface area contributed by atoms with Crippen LogP contribution in [-0.2, 0) is 0 Å². The average Bonchev–Trinajstić information content (AvgIpc) is 3.22. The molecule has 1 N–H and O–H groups in total. The first-order chi connectivity index (χ1) is 13.2. The van der Waals surface area contributed by atoms with E-state index in [1.165, 1.54) is 5.56 Å². The number of benzene rings is 2. The molecule has 0 saturated heterocycles. The van der Waals surface area contributed by atoms with Gasteiger partial charge in [0.1, 0.15) is 0 Å². The van der Waals surface area contributed by atoms with E-state index in [4.69, 9.17) is 4.52 Å². The van der Waals surface area contributed by atoms with Gasteiger partial charge < -0.3 is 9.84 Å². The van der Waals surface area contributed by atoms with Gasteiger partial charge in [-0.25, -0.2) is 0 Å². The van der Waals surface area contributed by atoms with Crippen LogP contribution in [0.3, 0.4) is 0 Å². The third-order valence-electron chi connectivity index (χ3n) is 4.69. The Hall–Kier alpha value is -2.92. The predicted octanol–water partition coefficient (Wildman–Crippen LogP) is 4.15. The summed E-state index contributed by atoms with van der Waals surface area (Å²) in [6, 6.07) is 21.7. The molecule has 0 aliphatic carbocycles. The summed E-state index contributed by atoms with van der Waals surface area (Å²) in [7, 11) is 0. The molecule has 0 aliphatic rings. The van der Waals surface area contributed by atoms with Crippen LogP contribution in [0, 0.1) is 0 Å². The van der Waals surface area contributed by atoms with Gasteiger partial charge in [-0.2, -0.15) is 0 Å². The second kappa shape index (κ2) is 9.14. The fourth-order valence-electron chi connectivity index (χ4n) is 3.20. The number of amides is 1. The molecule has 1 atom stereocenters. The maximum Gasteiger partial charge on any atom is 0.273 e. The van der Waals surface area contributed by atoms with Crippen LogP contribution in [0.1, 0.15) is 35.9 Å². The van der Waals surface area contributed by atoms with Crippen LogP contribution in [0.2, 0.25) is 0 Å². The molecular weight excluding hydrogens is 338 g/mol. The lowest BCUT2D eigenvalue weighted by Gasteiger charge is -2.30. The number of carbonyl (C=O) groups excluding carboxylic acids is 1. The summed E-state index contributed by atoms with van der Waals surface area (Å²) < 4.78 is 5.33. The molecule has 0 aliphatic heterocycles. The van der Waals surface area contributed by atoms with Gasteiger partial charge in [-0.1, -0.05) is 79.7 Å². The van der Waals surface area contributed by atoms with E-state index in [1.54, 1.807) is 6.07 Å². The van der Waals surface area contributed by atoms with Crippen molar-refractivity contribution in [3.8, 4) is 11.3 Å². The maximum absolute atomic E-state index is 12.6. The van der Waals surface area contributed by atoms with Gasteiger partial charge in [0.25, 0.3) is 5.91 Å². The Labute approximate surface area is 160 Å². The van der Waals surface area contributed by atoms with Crippen molar-refractivity contribution in [2.75, 3.05) is 19.6 Å². The minimum Gasteiger partial charge on any atom is -0.355 e. The van der Waals surface area contributed by atoms with E-state index < -0.39 is 0 Å². The first kappa shape index (κ1) is 18.9. The van der Waals surface area contributed by atoms with Crippen LogP contribution < -0.4 is 5.32 Å². The molecule has 0 bridgehead atoms. The zero-order valence-electron chi connectivity index (χ0n) is 15.8. The predicted molar refractivity (Wildman–Crippen MR) is 106 cm³/mol. The number of nitrogens with one attached hydrogen (secondary N) is 1. The highest BCUT2D eigenvalue weighted by Crippen LogP contribution is 2.21. The highest BCUT2D eigenvalue weighted by Gasteiger charge is 2.20. The summed E-state index contributed by atoms with van der Waals surface area (Å²) in [5.74, 6) is 0.359. The highest BCUT2D eigenvalue weighted by atomic mass is 16.5. The Morgan fingerprint density at radius 3 is 2.30 bits per heavy atom. The van der Waals surface area contributed by atoms with Crippen molar-refractivity contribution in [3.63, 3.8) is 0 Å². The lowest BCUT2D eigenvalue weighted by molar-refractivity contribution is 0.0926. The zero-order valence-corrected chi connectivity index (χ0v) is 15.8. The van der Waals surface area contributed by atoms with E-state index in [1.807, 2.05) is 48.5 Å². The average molecular weight is 363 g/mol. The van der Waals surface area contributed by atoms with Crippen LogP contribution in [-0.4, -0.2) is 35.6 Å². The molecular formula is C22H25N3O2. The molecule has 0 unspecified atom stereocenters. The number of carbonyl (C=O) groups is 1. The molecule has 0 fully saturated rings. The fraction of sp³-hybridized carbons (Fsp3) is 0.273. The molecule has 1 aromatic heterocycles. The molecule has 1 amide bonds. The number of aromatic nitrogens is 1. The maximum atomic E-state index is 12.6. The van der Waals surface area contributed by atoms with Gasteiger partial charge in [-0.3, -0.25) is 9.69 Å². The van der Waals surface area contributed by atoms with Gasteiger partial charge in [0.05, 0.1) is 6.04 Å². The Bertz CT molecular complexity index is 842. The second-order valence-electron chi connectivity index (χ2n) is 6.30. The molecule has 5 heteroatoms. The summed E-state index contributed by atoms with van der Waals surface area (Å²) in [6.07, 6.45) is 0. The first-order valence-corrected chi connectivity index (χ1v) is 9.32. The molecule has 0 saturated carbocycles. The molecule has 3 aromatic rings. The molecule has 0 radical (unpaired) electrons. The van der Waals surface area contributed by atoms with E-state index in [9.17, 15) is 4.79 Å². The van der Waals surface area contributed by atoms with Gasteiger partial charge in [0.2, 0.25) is 0 Å². The summed E-state index contributed by atoms with van der Waals surface area (Å²) in [5.41, 5.74) is 2.38. The molecule has 3 rings (SSSR count). The third-order valence-corrected chi connectivity index (χ3v) is 4.69. The van der Waals surface area contributed by atoms with Crippen LogP contribution >= 0.6 is 0 Å². The number of hydrogen-bond acceptors (Lipinski definition) is 4. The first-order valence-electron chi connectivity index (χ1n) is 9.32. The Kier molecular flexibility index (Phi) is 6.39. The molecule has 2 aromatic carbocycles. The van der Waals surface area contributed by atoms with Gasteiger partial charge >= 0.3 is 0 Å². The van der Waals surface area contributed by atoms with Crippen LogP contribution in [0.4, 0.5) is 0 Å². The van der Waals surface area contributed by atoms with E-state index in [2.05, 4.69) is 41.4 Å². The van der Waals surface area contributed by atoms with Crippen molar-refractivity contribution in [1.82, 2.24) is 15.4 Å². The Morgan fingerprint density at radius 2 is 1.67 bits per heavy atom. The molecule has 27 heavy (non-hydrogen) atoms. The summed E-state index contributed by atoms with van der Waals surface area (Å²) in [5, 5.41) is 6.94. The largest absolute Gasteiger partial charge is 0.355 e. The smallest absolute Gasteiger partial charge is 0.273 e. The fourth-order valence-corrected chi connectivity index (χ4v) is 3.20. The lowest BCUT2D eigenvalue weighted by Crippen LogP contribution is -2.38. The minimum absolute atomic E-state index is 0.116. The van der Waals surface area contributed by atoms with Gasteiger partial charge in [0.15, 0.2) is 11.5 Å². The quantitative estimate of drug-likeness (QED) is 0.653. The topological polar surface area (TPSA) is 58.4 Å². The second-order valence-corrected chi connectivity index (χ2v) is 6.30. The normalized spacial score (nSPS) is 12.1. The number of hydrogen-bond donors (Lipinski definition) is 1. The summed E-state index contributed by atoms with van der Waals surface area (Å²) >= 11 is 0. The number of nitrogens with zero attached hydrogens (tertiary/aromatic N) is 2. The molecule has 0 spiro atoms. The van der Waals surface area contributed by atoms with Crippen molar-refractivity contribution in [2.24, 2.45) is 0 Å². The Morgan fingerprint density at radius 1 is 1.04 bits per heavy atom. The summed E-state index contributed by atoms with van der Waals surface area (Å²) in [6.45, 7) is 6.59. The number of rotatable bonds is 8. The van der Waals surface area contributed by atoms with Gasteiger partial charge in [-0.15, -0.1) is 0 Å². The van der Waals surface area contributed by atoms with Crippen molar-refractivity contribution in [1.29, 1.82) is 0 Å². The SMILES string of the molecule is CCN(CC)[C@@H](CNC(=O)c1cc(-c2ccccc2)on1)c1ccccc1. The lowest BCUT2D eigenvalue weighted by atomic mass is 10.0. The molecule has 140 valence electrons. The van der Waals surface area contributed by atoms with Crippen molar-refractivity contribution in [3.05, 3.63) is 78.0 Å². The zero-order chi connectivity index (χ0) is 19.1. The van der Waals surface area contributed by atoms with Gasteiger partial charge in [0, 0.05) is 18.2 Å².